The largest absolute Gasteiger partial charge is 0.349 e. The number of hydrogen-bond acceptors (Lipinski definition) is 1. The van der Waals surface area contributed by atoms with Gasteiger partial charge >= 0.3 is 0 Å². The number of fused-ring (bicyclic) bond motifs is 2. The first-order chi connectivity index (χ1) is 12.2. The minimum absolute atomic E-state index is 0.118. The number of nitrogens with one attached hydrogen (secondary N) is 2. The van der Waals surface area contributed by atoms with Crippen molar-refractivity contribution >= 4 is 5.91 Å². The SMILES string of the molecule is Cc1cccc(C(=O)NC2C[C@H]3CCC[C@@H](C2)[NH+]3C2CCCCC2)c1. The molecule has 2 heterocycles. The van der Waals surface area contributed by atoms with E-state index in [1.54, 1.807) is 0 Å². The molecule has 2 saturated heterocycles. The molecule has 136 valence electrons. The number of benzene rings is 1. The van der Waals surface area contributed by atoms with Gasteiger partial charge in [-0.25, -0.2) is 0 Å². The molecule has 1 aliphatic carbocycles. The number of quaternary nitrogens is 1. The van der Waals surface area contributed by atoms with Crippen LogP contribution in [0.1, 0.15) is 80.1 Å². The summed E-state index contributed by atoms with van der Waals surface area (Å²) in [5.74, 6) is 0.118. The molecule has 0 spiro atoms. The summed E-state index contributed by atoms with van der Waals surface area (Å²) in [4.78, 5) is 14.6. The molecule has 3 heteroatoms. The van der Waals surface area contributed by atoms with Crippen LogP contribution < -0.4 is 10.2 Å². The first-order valence-electron chi connectivity index (χ1n) is 10.4. The Hall–Kier alpha value is -1.35. The highest BCUT2D eigenvalue weighted by Crippen LogP contribution is 2.26. The molecule has 2 N–H and O–H groups in total. The van der Waals surface area contributed by atoms with Gasteiger partial charge in [-0.15, -0.1) is 0 Å². The number of aryl methyl sites for hydroxylation is 1. The van der Waals surface area contributed by atoms with Crippen LogP contribution in [0.25, 0.3) is 0 Å². The molecule has 3 aliphatic rings. The molecule has 1 saturated carbocycles. The molecule has 2 bridgehead atoms. The molecule has 1 aromatic carbocycles. The van der Waals surface area contributed by atoms with E-state index in [1.165, 1.54) is 64.2 Å². The molecule has 4 rings (SSSR count). The van der Waals surface area contributed by atoms with E-state index in [-0.39, 0.29) is 5.91 Å². The zero-order valence-electron chi connectivity index (χ0n) is 15.6. The summed E-state index contributed by atoms with van der Waals surface area (Å²) in [6.45, 7) is 2.05. The van der Waals surface area contributed by atoms with Gasteiger partial charge in [0.15, 0.2) is 0 Å². The fraction of sp³-hybridized carbons (Fsp3) is 0.682. The molecule has 4 atom stereocenters. The summed E-state index contributed by atoms with van der Waals surface area (Å²) in [6, 6.07) is 10.8. The van der Waals surface area contributed by atoms with E-state index in [1.807, 2.05) is 36.1 Å². The van der Waals surface area contributed by atoms with E-state index >= 15 is 0 Å². The quantitative estimate of drug-likeness (QED) is 0.870. The Balaban J connectivity index is 1.41. The molecule has 2 aliphatic heterocycles. The van der Waals surface area contributed by atoms with Gasteiger partial charge in [-0.05, 0) is 64.0 Å². The molecule has 2 unspecified atom stereocenters. The van der Waals surface area contributed by atoms with Crippen molar-refractivity contribution in [2.75, 3.05) is 0 Å². The van der Waals surface area contributed by atoms with Crippen molar-refractivity contribution in [2.45, 2.75) is 95.3 Å². The third-order valence-corrected chi connectivity index (χ3v) is 6.88. The van der Waals surface area contributed by atoms with E-state index in [4.69, 9.17) is 0 Å². The van der Waals surface area contributed by atoms with Crippen LogP contribution in [0.3, 0.4) is 0 Å². The Morgan fingerprint density at radius 3 is 2.32 bits per heavy atom. The zero-order chi connectivity index (χ0) is 17.2. The van der Waals surface area contributed by atoms with Gasteiger partial charge in [0, 0.05) is 24.4 Å². The highest BCUT2D eigenvalue weighted by molar-refractivity contribution is 5.94. The maximum atomic E-state index is 12.7. The first kappa shape index (κ1) is 17.1. The average molecular weight is 342 g/mol. The average Bonchev–Trinajstić information content (AvgIpc) is 2.61. The summed E-state index contributed by atoms with van der Waals surface area (Å²) in [7, 11) is 0. The van der Waals surface area contributed by atoms with Crippen LogP contribution in [0.15, 0.2) is 24.3 Å². The highest BCUT2D eigenvalue weighted by atomic mass is 16.1. The summed E-state index contributed by atoms with van der Waals surface area (Å²) in [6.07, 6.45) is 13.6. The van der Waals surface area contributed by atoms with E-state index in [2.05, 4.69) is 5.32 Å². The lowest BCUT2D eigenvalue weighted by Gasteiger charge is -2.50. The van der Waals surface area contributed by atoms with Crippen molar-refractivity contribution in [3.63, 3.8) is 0 Å². The lowest BCUT2D eigenvalue weighted by Crippen LogP contribution is -3.24. The number of carbonyl (C=O) groups excluding carboxylic acids is 1. The Bertz CT molecular complexity index is 594. The summed E-state index contributed by atoms with van der Waals surface area (Å²) < 4.78 is 0. The Kier molecular flexibility index (Phi) is 5.12. The van der Waals surface area contributed by atoms with Gasteiger partial charge in [0.1, 0.15) is 0 Å². The Labute approximate surface area is 152 Å². The first-order valence-corrected chi connectivity index (χ1v) is 10.4. The van der Waals surface area contributed by atoms with Crippen molar-refractivity contribution in [3.05, 3.63) is 35.4 Å². The number of carbonyl (C=O) groups is 1. The monoisotopic (exact) mass is 341 g/mol. The van der Waals surface area contributed by atoms with E-state index in [0.29, 0.717) is 6.04 Å². The molecule has 25 heavy (non-hydrogen) atoms. The predicted molar refractivity (Wildman–Crippen MR) is 101 cm³/mol. The fourth-order valence-corrected chi connectivity index (χ4v) is 5.84. The van der Waals surface area contributed by atoms with Crippen molar-refractivity contribution < 1.29 is 9.69 Å². The fourth-order valence-electron chi connectivity index (χ4n) is 5.84. The molecule has 3 nitrogen and oxygen atoms in total. The second-order valence-electron chi connectivity index (χ2n) is 8.67. The molecular formula is C22H33N2O+. The van der Waals surface area contributed by atoms with Gasteiger partial charge in [-0.1, -0.05) is 24.1 Å². The Morgan fingerprint density at radius 1 is 0.960 bits per heavy atom. The van der Waals surface area contributed by atoms with Gasteiger partial charge in [-0.3, -0.25) is 4.79 Å². The number of hydrogen-bond donors (Lipinski definition) is 2. The van der Waals surface area contributed by atoms with Crippen molar-refractivity contribution in [1.82, 2.24) is 5.32 Å². The van der Waals surface area contributed by atoms with Crippen LogP contribution in [0.4, 0.5) is 0 Å². The van der Waals surface area contributed by atoms with Gasteiger partial charge in [0.05, 0.1) is 18.1 Å². The second-order valence-corrected chi connectivity index (χ2v) is 8.67. The van der Waals surface area contributed by atoms with Gasteiger partial charge in [-0.2, -0.15) is 0 Å². The lowest BCUT2D eigenvalue weighted by molar-refractivity contribution is -0.984. The van der Waals surface area contributed by atoms with E-state index in [9.17, 15) is 4.79 Å². The maximum Gasteiger partial charge on any atom is 0.251 e. The van der Waals surface area contributed by atoms with Gasteiger partial charge < -0.3 is 10.2 Å². The van der Waals surface area contributed by atoms with Crippen LogP contribution in [-0.4, -0.2) is 30.1 Å². The highest BCUT2D eigenvalue weighted by Gasteiger charge is 2.45. The van der Waals surface area contributed by atoms with Crippen LogP contribution in [-0.2, 0) is 0 Å². The topological polar surface area (TPSA) is 33.5 Å². The van der Waals surface area contributed by atoms with Crippen LogP contribution in [0, 0.1) is 6.92 Å². The van der Waals surface area contributed by atoms with Crippen LogP contribution >= 0.6 is 0 Å². The molecule has 3 fully saturated rings. The summed E-state index contributed by atoms with van der Waals surface area (Å²) in [5.41, 5.74) is 1.97. The van der Waals surface area contributed by atoms with E-state index in [0.717, 1.165) is 29.3 Å². The molecule has 0 aromatic heterocycles. The zero-order valence-corrected chi connectivity index (χ0v) is 15.6. The normalized spacial score (nSPS) is 33.0. The minimum Gasteiger partial charge on any atom is -0.349 e. The third-order valence-electron chi connectivity index (χ3n) is 6.88. The smallest absolute Gasteiger partial charge is 0.251 e. The molecule has 1 amide bonds. The number of rotatable bonds is 3. The predicted octanol–water partition coefficient (Wildman–Crippen LogP) is 3.03. The molecule has 0 radical (unpaired) electrons. The molecular weight excluding hydrogens is 308 g/mol. The van der Waals surface area contributed by atoms with Gasteiger partial charge in [0.2, 0.25) is 0 Å². The number of piperidine rings is 2. The van der Waals surface area contributed by atoms with Crippen molar-refractivity contribution in [2.24, 2.45) is 0 Å². The van der Waals surface area contributed by atoms with Gasteiger partial charge in [0.25, 0.3) is 5.91 Å². The molecule has 1 aromatic rings. The van der Waals surface area contributed by atoms with Crippen molar-refractivity contribution in [1.29, 1.82) is 0 Å². The minimum atomic E-state index is 0.118. The van der Waals surface area contributed by atoms with Crippen molar-refractivity contribution in [3.8, 4) is 0 Å². The third kappa shape index (κ3) is 3.76. The lowest BCUT2D eigenvalue weighted by atomic mass is 9.78. The van der Waals surface area contributed by atoms with Crippen LogP contribution in [0.2, 0.25) is 0 Å². The number of amides is 1. The Morgan fingerprint density at radius 2 is 1.64 bits per heavy atom. The summed E-state index contributed by atoms with van der Waals surface area (Å²) in [5, 5.41) is 3.36. The summed E-state index contributed by atoms with van der Waals surface area (Å²) >= 11 is 0. The van der Waals surface area contributed by atoms with Crippen LogP contribution in [0.5, 0.6) is 0 Å². The standard InChI is InChI=1S/C22H32N2O/c1-16-7-5-8-17(13-16)22(25)23-18-14-20-11-6-12-21(15-18)24(20)19-9-3-2-4-10-19/h5,7-8,13,18-21H,2-4,6,9-12,14-15H2,1H3,(H,23,25)/p+1/t18?,20-,21+. The van der Waals surface area contributed by atoms with E-state index < -0.39 is 0 Å². The maximum absolute atomic E-state index is 12.7. The second kappa shape index (κ2) is 7.49.